The fraction of sp³-hybridized carbons (Fsp3) is 0.944. The summed E-state index contributed by atoms with van der Waals surface area (Å²) in [7, 11) is 0. The minimum Gasteiger partial charge on any atom is -0.338 e. The molecule has 0 unspecified atom stereocenters. The average Bonchev–Trinajstić information content (AvgIpc) is 3.25. The van der Waals surface area contributed by atoms with Gasteiger partial charge in [-0.05, 0) is 57.5 Å². The predicted molar refractivity (Wildman–Crippen MR) is 90.0 cm³/mol. The van der Waals surface area contributed by atoms with Gasteiger partial charge < -0.3 is 15.1 Å². The summed E-state index contributed by atoms with van der Waals surface area (Å²) in [6, 6.07) is 0.903. The van der Waals surface area contributed by atoms with E-state index in [-0.39, 0.29) is 6.03 Å². The van der Waals surface area contributed by atoms with Crippen LogP contribution in [-0.4, -0.2) is 54.6 Å². The molecule has 2 saturated heterocycles. The van der Waals surface area contributed by atoms with E-state index in [1.807, 2.05) is 4.90 Å². The van der Waals surface area contributed by atoms with Gasteiger partial charge >= 0.3 is 6.03 Å². The maximum absolute atomic E-state index is 12.2. The SMILES string of the molecule is O=C(NCCCC1CCCC1)N1CCC(N2CCCC2)CC1. The number of likely N-dealkylation sites (tertiary alicyclic amines) is 2. The zero-order chi connectivity index (χ0) is 15.2. The molecule has 0 aromatic heterocycles. The van der Waals surface area contributed by atoms with Crippen LogP contribution in [0.1, 0.15) is 64.2 Å². The third kappa shape index (κ3) is 4.37. The summed E-state index contributed by atoms with van der Waals surface area (Å²) in [5.74, 6) is 0.938. The van der Waals surface area contributed by atoms with Gasteiger partial charge in [0.2, 0.25) is 0 Å². The third-order valence-corrected chi connectivity index (χ3v) is 5.95. The Morgan fingerprint density at radius 2 is 1.59 bits per heavy atom. The van der Waals surface area contributed by atoms with Crippen molar-refractivity contribution in [2.24, 2.45) is 5.92 Å². The number of nitrogens with zero attached hydrogens (tertiary/aromatic N) is 2. The van der Waals surface area contributed by atoms with Gasteiger partial charge in [0.05, 0.1) is 0 Å². The highest BCUT2D eigenvalue weighted by molar-refractivity contribution is 5.74. The summed E-state index contributed by atoms with van der Waals surface area (Å²) in [5, 5.41) is 3.13. The minimum absolute atomic E-state index is 0.172. The largest absolute Gasteiger partial charge is 0.338 e. The summed E-state index contributed by atoms with van der Waals surface area (Å²) in [6.07, 6.45) is 13.2. The highest BCUT2D eigenvalue weighted by Crippen LogP contribution is 2.28. The van der Waals surface area contributed by atoms with Crippen LogP contribution in [0.3, 0.4) is 0 Å². The molecule has 2 aliphatic heterocycles. The molecule has 2 heterocycles. The summed E-state index contributed by atoms with van der Waals surface area (Å²) in [4.78, 5) is 16.9. The van der Waals surface area contributed by atoms with E-state index in [1.54, 1.807) is 0 Å². The molecule has 3 fully saturated rings. The van der Waals surface area contributed by atoms with E-state index < -0.39 is 0 Å². The van der Waals surface area contributed by atoms with Gasteiger partial charge in [-0.1, -0.05) is 25.7 Å². The summed E-state index contributed by atoms with van der Waals surface area (Å²) in [6.45, 7) is 5.29. The van der Waals surface area contributed by atoms with Gasteiger partial charge in [0.15, 0.2) is 0 Å². The zero-order valence-electron chi connectivity index (χ0n) is 14.1. The first kappa shape index (κ1) is 16.1. The summed E-state index contributed by atoms with van der Waals surface area (Å²) in [5.41, 5.74) is 0. The first-order chi connectivity index (χ1) is 10.8. The molecule has 3 aliphatic rings. The Bertz CT molecular complexity index is 340. The van der Waals surface area contributed by atoms with Gasteiger partial charge in [-0.25, -0.2) is 4.79 Å². The van der Waals surface area contributed by atoms with Crippen LogP contribution in [0.2, 0.25) is 0 Å². The van der Waals surface area contributed by atoms with Crippen LogP contribution in [0.15, 0.2) is 0 Å². The van der Waals surface area contributed by atoms with Crippen molar-refractivity contribution in [1.29, 1.82) is 0 Å². The van der Waals surface area contributed by atoms with Crippen molar-refractivity contribution in [2.45, 2.75) is 70.3 Å². The Morgan fingerprint density at radius 3 is 2.27 bits per heavy atom. The van der Waals surface area contributed by atoms with Crippen LogP contribution in [0.5, 0.6) is 0 Å². The number of rotatable bonds is 5. The summed E-state index contributed by atoms with van der Waals surface area (Å²) >= 11 is 0. The zero-order valence-corrected chi connectivity index (χ0v) is 14.1. The number of amides is 2. The Hall–Kier alpha value is -0.770. The lowest BCUT2D eigenvalue weighted by Gasteiger charge is -2.36. The Morgan fingerprint density at radius 1 is 0.909 bits per heavy atom. The average molecular weight is 307 g/mol. The first-order valence-corrected chi connectivity index (χ1v) is 9.60. The molecule has 0 radical (unpaired) electrons. The van der Waals surface area contributed by atoms with E-state index in [9.17, 15) is 4.79 Å². The Kier molecular flexibility index (Phi) is 5.99. The lowest BCUT2D eigenvalue weighted by molar-refractivity contribution is 0.134. The number of carbonyl (C=O) groups is 1. The van der Waals surface area contributed by atoms with Crippen LogP contribution in [0.4, 0.5) is 4.79 Å². The number of urea groups is 1. The van der Waals surface area contributed by atoms with Gasteiger partial charge in [-0.2, -0.15) is 0 Å². The number of carbonyl (C=O) groups excluding carboxylic acids is 1. The molecule has 0 aromatic rings. The number of piperidine rings is 1. The topological polar surface area (TPSA) is 35.6 Å². The molecule has 0 atom stereocenters. The Balaban J connectivity index is 1.28. The minimum atomic E-state index is 0.172. The van der Waals surface area contributed by atoms with Crippen molar-refractivity contribution in [3.8, 4) is 0 Å². The van der Waals surface area contributed by atoms with Crippen molar-refractivity contribution >= 4 is 6.03 Å². The van der Waals surface area contributed by atoms with E-state index in [4.69, 9.17) is 0 Å². The number of hydrogen-bond acceptors (Lipinski definition) is 2. The van der Waals surface area contributed by atoms with Gasteiger partial charge in [0.1, 0.15) is 0 Å². The molecule has 1 N–H and O–H groups in total. The standard InChI is InChI=1S/C18H33N3O/c22-18(19-11-5-8-16-6-1-2-7-16)21-14-9-17(10-15-21)20-12-3-4-13-20/h16-17H,1-15H2,(H,19,22). The van der Waals surface area contributed by atoms with Crippen LogP contribution < -0.4 is 5.32 Å². The van der Waals surface area contributed by atoms with E-state index >= 15 is 0 Å². The predicted octanol–water partition coefficient (Wildman–Crippen LogP) is 3.23. The van der Waals surface area contributed by atoms with E-state index in [1.165, 1.54) is 58.0 Å². The van der Waals surface area contributed by atoms with E-state index in [0.717, 1.165) is 50.9 Å². The van der Waals surface area contributed by atoms with Crippen molar-refractivity contribution in [3.05, 3.63) is 0 Å². The molecule has 4 heteroatoms. The Labute approximate surface area is 135 Å². The number of nitrogens with one attached hydrogen (secondary N) is 1. The van der Waals surface area contributed by atoms with Crippen LogP contribution in [0.25, 0.3) is 0 Å². The third-order valence-electron chi connectivity index (χ3n) is 5.95. The lowest BCUT2D eigenvalue weighted by atomic mass is 10.0. The highest BCUT2D eigenvalue weighted by atomic mass is 16.2. The summed E-state index contributed by atoms with van der Waals surface area (Å²) < 4.78 is 0. The monoisotopic (exact) mass is 307 g/mol. The molecule has 1 aliphatic carbocycles. The lowest BCUT2D eigenvalue weighted by Crippen LogP contribution is -2.49. The van der Waals surface area contributed by atoms with Crippen LogP contribution in [-0.2, 0) is 0 Å². The maximum atomic E-state index is 12.2. The van der Waals surface area contributed by atoms with Crippen molar-refractivity contribution in [3.63, 3.8) is 0 Å². The van der Waals surface area contributed by atoms with Crippen LogP contribution in [0, 0.1) is 5.92 Å². The molecule has 1 saturated carbocycles. The normalized spacial score (nSPS) is 25.0. The van der Waals surface area contributed by atoms with Crippen molar-refractivity contribution < 1.29 is 4.79 Å². The molecule has 3 rings (SSSR count). The number of hydrogen-bond donors (Lipinski definition) is 1. The molecular weight excluding hydrogens is 274 g/mol. The molecule has 0 bridgehead atoms. The van der Waals surface area contributed by atoms with E-state index in [2.05, 4.69) is 10.2 Å². The highest BCUT2D eigenvalue weighted by Gasteiger charge is 2.28. The van der Waals surface area contributed by atoms with E-state index in [0.29, 0.717) is 0 Å². The second-order valence-corrected chi connectivity index (χ2v) is 7.49. The maximum Gasteiger partial charge on any atom is 0.317 e. The van der Waals surface area contributed by atoms with Crippen molar-refractivity contribution in [2.75, 3.05) is 32.7 Å². The van der Waals surface area contributed by atoms with Crippen molar-refractivity contribution in [1.82, 2.24) is 15.1 Å². The van der Waals surface area contributed by atoms with Gasteiger partial charge in [0.25, 0.3) is 0 Å². The van der Waals surface area contributed by atoms with Gasteiger partial charge in [-0.15, -0.1) is 0 Å². The first-order valence-electron chi connectivity index (χ1n) is 9.60. The molecule has 2 amide bonds. The molecule has 4 nitrogen and oxygen atoms in total. The fourth-order valence-corrected chi connectivity index (χ4v) is 4.54. The molecule has 0 spiro atoms. The fourth-order valence-electron chi connectivity index (χ4n) is 4.54. The smallest absolute Gasteiger partial charge is 0.317 e. The molecule has 22 heavy (non-hydrogen) atoms. The second kappa shape index (κ2) is 8.19. The van der Waals surface area contributed by atoms with Gasteiger partial charge in [-0.3, -0.25) is 0 Å². The van der Waals surface area contributed by atoms with Crippen LogP contribution >= 0.6 is 0 Å². The molecule has 0 aromatic carbocycles. The second-order valence-electron chi connectivity index (χ2n) is 7.49. The quantitative estimate of drug-likeness (QED) is 0.792. The van der Waals surface area contributed by atoms with Gasteiger partial charge in [0, 0.05) is 25.7 Å². The molecule has 126 valence electrons. The molecular formula is C18H33N3O.